The molecule has 0 radical (unpaired) electrons. The highest BCUT2D eigenvalue weighted by Crippen LogP contribution is 2.53. The van der Waals surface area contributed by atoms with Crippen LogP contribution in [0.1, 0.15) is 67.2 Å². The number of fused-ring (bicyclic) bond motifs is 2. The van der Waals surface area contributed by atoms with E-state index in [0.29, 0.717) is 5.41 Å². The summed E-state index contributed by atoms with van der Waals surface area (Å²) < 4.78 is 0. The second kappa shape index (κ2) is 4.57. The van der Waals surface area contributed by atoms with Gasteiger partial charge in [-0.1, -0.05) is 27.7 Å². The Labute approximate surface area is 108 Å². The topological polar surface area (TPSA) is 3.24 Å². The van der Waals surface area contributed by atoms with Gasteiger partial charge in [0.05, 0.1) is 0 Å². The van der Waals surface area contributed by atoms with Gasteiger partial charge in [0.25, 0.3) is 0 Å². The van der Waals surface area contributed by atoms with E-state index in [1.807, 2.05) is 0 Å². The fourth-order valence-corrected chi connectivity index (χ4v) is 4.81. The number of hydrogen-bond acceptors (Lipinski definition) is 1. The molecular formula is C16H31N. The summed E-state index contributed by atoms with van der Waals surface area (Å²) in [4.78, 5) is 2.82. The van der Waals surface area contributed by atoms with E-state index in [0.717, 1.165) is 30.0 Å². The van der Waals surface area contributed by atoms with Gasteiger partial charge in [-0.2, -0.15) is 0 Å². The third-order valence-corrected chi connectivity index (χ3v) is 5.80. The SMILES string of the molecule is CC(C)N1C2CCC1CC(C(C)C)(C(C)C)C2. The van der Waals surface area contributed by atoms with Crippen molar-refractivity contribution in [1.82, 2.24) is 4.90 Å². The molecule has 2 unspecified atom stereocenters. The molecule has 1 heteroatoms. The van der Waals surface area contributed by atoms with Crippen molar-refractivity contribution in [1.29, 1.82) is 0 Å². The van der Waals surface area contributed by atoms with E-state index in [1.54, 1.807) is 0 Å². The Morgan fingerprint density at radius 1 is 0.824 bits per heavy atom. The maximum atomic E-state index is 2.82. The second-order valence-electron chi connectivity index (χ2n) is 7.38. The Hall–Kier alpha value is -0.0400. The Morgan fingerprint density at radius 2 is 1.24 bits per heavy atom. The van der Waals surface area contributed by atoms with Gasteiger partial charge in [-0.3, -0.25) is 4.90 Å². The largest absolute Gasteiger partial charge is 0.295 e. The van der Waals surface area contributed by atoms with E-state index in [2.05, 4.69) is 46.4 Å². The number of piperidine rings is 1. The van der Waals surface area contributed by atoms with E-state index in [4.69, 9.17) is 0 Å². The van der Waals surface area contributed by atoms with E-state index in [1.165, 1.54) is 25.7 Å². The molecule has 2 fully saturated rings. The van der Waals surface area contributed by atoms with E-state index in [9.17, 15) is 0 Å². The van der Waals surface area contributed by atoms with Crippen LogP contribution in [0.2, 0.25) is 0 Å². The zero-order valence-electron chi connectivity index (χ0n) is 12.7. The first-order valence-electron chi connectivity index (χ1n) is 7.66. The molecule has 2 bridgehead atoms. The lowest BCUT2D eigenvalue weighted by atomic mass is 9.61. The summed E-state index contributed by atoms with van der Waals surface area (Å²) >= 11 is 0. The molecule has 100 valence electrons. The molecule has 0 aromatic heterocycles. The maximum absolute atomic E-state index is 2.82. The average Bonchev–Trinajstić information content (AvgIpc) is 2.49. The Morgan fingerprint density at radius 3 is 1.53 bits per heavy atom. The van der Waals surface area contributed by atoms with Crippen molar-refractivity contribution in [2.24, 2.45) is 17.3 Å². The number of hydrogen-bond donors (Lipinski definition) is 0. The Balaban J connectivity index is 2.23. The average molecular weight is 237 g/mol. The van der Waals surface area contributed by atoms with Crippen LogP contribution in [0.3, 0.4) is 0 Å². The third-order valence-electron chi connectivity index (χ3n) is 5.80. The zero-order valence-corrected chi connectivity index (χ0v) is 12.7. The first-order valence-corrected chi connectivity index (χ1v) is 7.66. The van der Waals surface area contributed by atoms with Crippen LogP contribution in [0, 0.1) is 17.3 Å². The van der Waals surface area contributed by atoms with Gasteiger partial charge in [0.15, 0.2) is 0 Å². The van der Waals surface area contributed by atoms with Gasteiger partial charge in [0.1, 0.15) is 0 Å². The van der Waals surface area contributed by atoms with Crippen LogP contribution in [0.4, 0.5) is 0 Å². The lowest BCUT2D eigenvalue weighted by molar-refractivity contribution is -0.0346. The van der Waals surface area contributed by atoms with Crippen LogP contribution in [-0.2, 0) is 0 Å². The minimum atomic E-state index is 0.608. The standard InChI is InChI=1S/C16H31N/c1-11(2)16(12(3)4)9-14-7-8-15(10-16)17(14)13(5)6/h11-15H,7-10H2,1-6H3. The Kier molecular flexibility index (Phi) is 3.60. The summed E-state index contributed by atoms with van der Waals surface area (Å²) in [5.41, 5.74) is 0.608. The van der Waals surface area contributed by atoms with Gasteiger partial charge in [0.2, 0.25) is 0 Å². The van der Waals surface area contributed by atoms with Crippen LogP contribution < -0.4 is 0 Å². The summed E-state index contributed by atoms with van der Waals surface area (Å²) in [6.45, 7) is 14.6. The summed E-state index contributed by atoms with van der Waals surface area (Å²) in [7, 11) is 0. The number of nitrogens with zero attached hydrogens (tertiary/aromatic N) is 1. The molecule has 0 spiro atoms. The van der Waals surface area contributed by atoms with E-state index in [-0.39, 0.29) is 0 Å². The highest BCUT2D eigenvalue weighted by molar-refractivity contribution is 5.04. The lowest BCUT2D eigenvalue weighted by Crippen LogP contribution is -2.53. The van der Waals surface area contributed by atoms with Gasteiger partial charge in [-0.25, -0.2) is 0 Å². The minimum Gasteiger partial charge on any atom is -0.295 e. The van der Waals surface area contributed by atoms with Crippen LogP contribution in [0.25, 0.3) is 0 Å². The van der Waals surface area contributed by atoms with Crippen molar-refractivity contribution in [3.63, 3.8) is 0 Å². The summed E-state index contributed by atoms with van der Waals surface area (Å²) in [6, 6.07) is 2.49. The highest BCUT2D eigenvalue weighted by atomic mass is 15.2. The van der Waals surface area contributed by atoms with Gasteiger partial charge >= 0.3 is 0 Å². The third kappa shape index (κ3) is 2.05. The summed E-state index contributed by atoms with van der Waals surface area (Å²) in [6.07, 6.45) is 5.78. The van der Waals surface area contributed by atoms with Crippen molar-refractivity contribution in [2.45, 2.75) is 85.4 Å². The lowest BCUT2D eigenvalue weighted by Gasteiger charge is -2.52. The molecule has 2 rings (SSSR count). The van der Waals surface area contributed by atoms with Gasteiger partial charge in [0, 0.05) is 18.1 Å². The van der Waals surface area contributed by atoms with Crippen LogP contribution >= 0.6 is 0 Å². The minimum absolute atomic E-state index is 0.608. The van der Waals surface area contributed by atoms with Crippen molar-refractivity contribution in [3.05, 3.63) is 0 Å². The van der Waals surface area contributed by atoms with Crippen LogP contribution in [-0.4, -0.2) is 23.0 Å². The summed E-state index contributed by atoms with van der Waals surface area (Å²) in [5.74, 6) is 1.67. The molecule has 2 heterocycles. The fraction of sp³-hybridized carbons (Fsp3) is 1.00. The monoisotopic (exact) mass is 237 g/mol. The predicted octanol–water partition coefficient (Wildman–Crippen LogP) is 4.32. The fourth-order valence-electron chi connectivity index (χ4n) is 4.81. The molecular weight excluding hydrogens is 206 g/mol. The first-order chi connectivity index (χ1) is 7.88. The smallest absolute Gasteiger partial charge is 0.0107 e. The molecule has 1 nitrogen and oxygen atoms in total. The van der Waals surface area contributed by atoms with Crippen molar-refractivity contribution < 1.29 is 0 Å². The predicted molar refractivity (Wildman–Crippen MR) is 75.1 cm³/mol. The van der Waals surface area contributed by atoms with Gasteiger partial charge in [-0.05, 0) is 56.8 Å². The van der Waals surface area contributed by atoms with E-state index < -0.39 is 0 Å². The Bertz CT molecular complexity index is 243. The van der Waals surface area contributed by atoms with Crippen molar-refractivity contribution in [3.8, 4) is 0 Å². The number of rotatable bonds is 3. The molecule has 0 saturated carbocycles. The first kappa shape index (κ1) is 13.4. The molecule has 0 amide bonds. The van der Waals surface area contributed by atoms with Crippen molar-refractivity contribution >= 4 is 0 Å². The van der Waals surface area contributed by atoms with E-state index >= 15 is 0 Å². The summed E-state index contributed by atoms with van der Waals surface area (Å²) in [5, 5.41) is 0. The molecule has 2 aliphatic heterocycles. The quantitative estimate of drug-likeness (QED) is 0.706. The van der Waals surface area contributed by atoms with Crippen LogP contribution in [0.5, 0.6) is 0 Å². The zero-order chi connectivity index (χ0) is 12.8. The molecule has 2 atom stereocenters. The molecule has 0 aromatic carbocycles. The van der Waals surface area contributed by atoms with Crippen LogP contribution in [0.15, 0.2) is 0 Å². The second-order valence-corrected chi connectivity index (χ2v) is 7.38. The van der Waals surface area contributed by atoms with Gasteiger partial charge < -0.3 is 0 Å². The molecule has 2 saturated heterocycles. The normalized spacial score (nSPS) is 33.0. The molecule has 2 aliphatic rings. The molecule has 0 N–H and O–H groups in total. The molecule has 0 aromatic rings. The molecule has 17 heavy (non-hydrogen) atoms. The van der Waals surface area contributed by atoms with Gasteiger partial charge in [-0.15, -0.1) is 0 Å². The highest BCUT2D eigenvalue weighted by Gasteiger charge is 2.51. The molecule has 0 aliphatic carbocycles. The van der Waals surface area contributed by atoms with Crippen molar-refractivity contribution in [2.75, 3.05) is 0 Å². The maximum Gasteiger partial charge on any atom is 0.0107 e.